The number of fused-ring (bicyclic) bond motifs is 1. The number of hydrogen-bond acceptors (Lipinski definition) is 3. The molecule has 1 fully saturated rings. The molecular formula is C19H21N3O2. The van der Waals surface area contributed by atoms with Gasteiger partial charge < -0.3 is 14.0 Å². The van der Waals surface area contributed by atoms with E-state index in [2.05, 4.69) is 30.4 Å². The van der Waals surface area contributed by atoms with Crippen molar-refractivity contribution in [3.05, 3.63) is 53.5 Å². The molecule has 4 rings (SSSR count). The van der Waals surface area contributed by atoms with Crippen LogP contribution in [0, 0.1) is 13.8 Å². The molecule has 0 saturated carbocycles. The van der Waals surface area contributed by atoms with Crippen molar-refractivity contribution in [3.8, 4) is 0 Å². The summed E-state index contributed by atoms with van der Waals surface area (Å²) in [5.74, 6) is 0.930. The summed E-state index contributed by atoms with van der Waals surface area (Å²) < 4.78 is 7.45. The molecule has 1 aliphatic heterocycles. The first-order valence-electron chi connectivity index (χ1n) is 8.40. The molecule has 1 saturated heterocycles. The number of carbonyl (C=O) groups is 1. The molecule has 0 unspecified atom stereocenters. The van der Waals surface area contributed by atoms with Crippen LogP contribution in [0.5, 0.6) is 0 Å². The average Bonchev–Trinajstić information content (AvgIpc) is 3.28. The number of benzene rings is 1. The predicted molar refractivity (Wildman–Crippen MR) is 91.6 cm³/mol. The Morgan fingerprint density at radius 2 is 2.17 bits per heavy atom. The summed E-state index contributed by atoms with van der Waals surface area (Å²) >= 11 is 0. The van der Waals surface area contributed by atoms with Gasteiger partial charge in [0.1, 0.15) is 6.54 Å². The summed E-state index contributed by atoms with van der Waals surface area (Å²) in [6.45, 7) is 5.13. The van der Waals surface area contributed by atoms with Gasteiger partial charge in [-0.1, -0.05) is 23.4 Å². The molecule has 3 aromatic rings. The number of nitrogens with zero attached hydrogens (tertiary/aromatic N) is 3. The Hall–Kier alpha value is -2.56. The highest BCUT2D eigenvalue weighted by atomic mass is 16.5. The minimum atomic E-state index is 0.0154. The van der Waals surface area contributed by atoms with Crippen LogP contribution in [0.25, 0.3) is 10.9 Å². The third-order valence-corrected chi connectivity index (χ3v) is 4.84. The van der Waals surface area contributed by atoms with Crippen LogP contribution in [-0.2, 0) is 11.3 Å². The van der Waals surface area contributed by atoms with E-state index in [-0.39, 0.29) is 11.9 Å². The number of amides is 1. The molecule has 5 heteroatoms. The number of rotatable bonds is 3. The Labute approximate surface area is 140 Å². The molecule has 1 aliphatic rings. The zero-order valence-corrected chi connectivity index (χ0v) is 14.0. The lowest BCUT2D eigenvalue weighted by molar-refractivity contribution is -0.133. The van der Waals surface area contributed by atoms with Gasteiger partial charge in [0.15, 0.2) is 5.76 Å². The first kappa shape index (κ1) is 15.0. The Kier molecular flexibility index (Phi) is 3.63. The predicted octanol–water partition coefficient (Wildman–Crippen LogP) is 3.61. The van der Waals surface area contributed by atoms with E-state index in [1.165, 1.54) is 10.9 Å². The molecular weight excluding hydrogens is 302 g/mol. The van der Waals surface area contributed by atoms with Crippen molar-refractivity contribution in [2.45, 2.75) is 39.3 Å². The number of aromatic nitrogens is 2. The fourth-order valence-electron chi connectivity index (χ4n) is 3.70. The fraction of sp³-hybridized carbons (Fsp3) is 0.368. The third-order valence-electron chi connectivity index (χ3n) is 4.84. The standard InChI is InChI=1S/C19H21N3O2/c1-13-11-21(16-7-4-3-6-15(13)16)12-19(23)22-9-5-8-17(22)18-10-14(2)20-24-18/h3-4,6-7,10-11,17H,5,8-9,12H2,1-2H3/t17-/m0/s1. The van der Waals surface area contributed by atoms with Crippen LogP contribution in [0.3, 0.4) is 0 Å². The highest BCUT2D eigenvalue weighted by Crippen LogP contribution is 2.32. The van der Waals surface area contributed by atoms with Crippen LogP contribution < -0.4 is 0 Å². The van der Waals surface area contributed by atoms with E-state index in [9.17, 15) is 4.79 Å². The van der Waals surface area contributed by atoms with Crippen LogP contribution >= 0.6 is 0 Å². The van der Waals surface area contributed by atoms with Crippen molar-refractivity contribution >= 4 is 16.8 Å². The zero-order chi connectivity index (χ0) is 16.7. The van der Waals surface area contributed by atoms with Gasteiger partial charge in [-0.3, -0.25) is 4.79 Å². The van der Waals surface area contributed by atoms with Crippen LogP contribution in [0.1, 0.15) is 35.9 Å². The minimum absolute atomic E-state index is 0.0154. The smallest absolute Gasteiger partial charge is 0.243 e. The monoisotopic (exact) mass is 323 g/mol. The van der Waals surface area contributed by atoms with E-state index in [4.69, 9.17) is 4.52 Å². The second-order valence-electron chi connectivity index (χ2n) is 6.57. The Balaban J connectivity index is 1.59. The van der Waals surface area contributed by atoms with Crippen molar-refractivity contribution in [2.75, 3.05) is 6.54 Å². The molecule has 124 valence electrons. The van der Waals surface area contributed by atoms with Crippen LogP contribution in [0.15, 0.2) is 41.1 Å². The van der Waals surface area contributed by atoms with Crippen molar-refractivity contribution < 1.29 is 9.32 Å². The molecule has 1 amide bonds. The lowest BCUT2D eigenvalue weighted by Crippen LogP contribution is -2.33. The number of hydrogen-bond donors (Lipinski definition) is 0. The molecule has 0 radical (unpaired) electrons. The topological polar surface area (TPSA) is 51.3 Å². The second-order valence-corrected chi connectivity index (χ2v) is 6.57. The van der Waals surface area contributed by atoms with Gasteiger partial charge in [0, 0.05) is 29.7 Å². The number of carbonyl (C=O) groups excluding carboxylic acids is 1. The molecule has 24 heavy (non-hydrogen) atoms. The molecule has 0 bridgehead atoms. The Morgan fingerprint density at radius 1 is 1.33 bits per heavy atom. The lowest BCUT2D eigenvalue weighted by atomic mass is 10.1. The molecule has 5 nitrogen and oxygen atoms in total. The summed E-state index contributed by atoms with van der Waals surface area (Å²) in [7, 11) is 0. The SMILES string of the molecule is Cc1cc([C@@H]2CCCN2C(=O)Cn2cc(C)c3ccccc32)on1. The lowest BCUT2D eigenvalue weighted by Gasteiger charge is -2.23. The van der Waals surface area contributed by atoms with Gasteiger partial charge in [0.2, 0.25) is 5.91 Å². The summed E-state index contributed by atoms with van der Waals surface area (Å²) in [5.41, 5.74) is 3.16. The molecule has 3 heterocycles. The van der Waals surface area contributed by atoms with Crippen molar-refractivity contribution in [1.82, 2.24) is 14.6 Å². The van der Waals surface area contributed by atoms with Gasteiger partial charge in [-0.15, -0.1) is 0 Å². The maximum Gasteiger partial charge on any atom is 0.243 e. The Morgan fingerprint density at radius 3 is 2.96 bits per heavy atom. The third kappa shape index (κ3) is 2.50. The largest absolute Gasteiger partial charge is 0.359 e. The van der Waals surface area contributed by atoms with Gasteiger partial charge in [-0.2, -0.15) is 0 Å². The molecule has 1 atom stereocenters. The van der Waals surface area contributed by atoms with E-state index in [0.29, 0.717) is 6.54 Å². The molecule has 1 aromatic carbocycles. The van der Waals surface area contributed by atoms with Crippen LogP contribution in [0.2, 0.25) is 0 Å². The van der Waals surface area contributed by atoms with Crippen LogP contribution in [0.4, 0.5) is 0 Å². The first-order valence-corrected chi connectivity index (χ1v) is 8.40. The molecule has 0 N–H and O–H groups in total. The number of likely N-dealkylation sites (tertiary alicyclic amines) is 1. The van der Waals surface area contributed by atoms with E-state index >= 15 is 0 Å². The van der Waals surface area contributed by atoms with E-state index in [1.54, 1.807) is 0 Å². The van der Waals surface area contributed by atoms with Crippen molar-refractivity contribution in [2.24, 2.45) is 0 Å². The molecule has 0 spiro atoms. The van der Waals surface area contributed by atoms with Crippen molar-refractivity contribution in [1.29, 1.82) is 0 Å². The summed E-state index contributed by atoms with van der Waals surface area (Å²) in [6.07, 6.45) is 4.00. The first-order chi connectivity index (χ1) is 11.6. The summed E-state index contributed by atoms with van der Waals surface area (Å²) in [6, 6.07) is 10.2. The molecule has 2 aromatic heterocycles. The van der Waals surface area contributed by atoms with Crippen LogP contribution in [-0.4, -0.2) is 27.1 Å². The van der Waals surface area contributed by atoms with E-state index in [0.717, 1.165) is 36.4 Å². The Bertz CT molecular complexity index is 893. The highest BCUT2D eigenvalue weighted by Gasteiger charge is 2.32. The van der Waals surface area contributed by atoms with Gasteiger partial charge in [0.25, 0.3) is 0 Å². The summed E-state index contributed by atoms with van der Waals surface area (Å²) in [4.78, 5) is 14.8. The maximum absolute atomic E-state index is 12.9. The van der Waals surface area contributed by atoms with E-state index in [1.807, 2.05) is 34.6 Å². The second kappa shape index (κ2) is 5.82. The van der Waals surface area contributed by atoms with Gasteiger partial charge in [0.05, 0.1) is 11.7 Å². The maximum atomic E-state index is 12.9. The number of para-hydroxylation sites is 1. The van der Waals surface area contributed by atoms with E-state index < -0.39 is 0 Å². The van der Waals surface area contributed by atoms with Crippen molar-refractivity contribution in [3.63, 3.8) is 0 Å². The summed E-state index contributed by atoms with van der Waals surface area (Å²) in [5, 5.41) is 5.17. The van der Waals surface area contributed by atoms with Gasteiger partial charge >= 0.3 is 0 Å². The fourth-order valence-corrected chi connectivity index (χ4v) is 3.70. The average molecular weight is 323 g/mol. The van der Waals surface area contributed by atoms with Gasteiger partial charge in [-0.25, -0.2) is 0 Å². The molecule has 0 aliphatic carbocycles. The quantitative estimate of drug-likeness (QED) is 0.740. The highest BCUT2D eigenvalue weighted by molar-refractivity contribution is 5.86. The minimum Gasteiger partial charge on any atom is -0.359 e. The number of aryl methyl sites for hydroxylation is 2. The zero-order valence-electron chi connectivity index (χ0n) is 14.0. The normalized spacial score (nSPS) is 17.8. The van der Waals surface area contributed by atoms with Gasteiger partial charge in [-0.05, 0) is 38.3 Å².